The van der Waals surface area contributed by atoms with Gasteiger partial charge in [-0.25, -0.2) is 0 Å². The van der Waals surface area contributed by atoms with Crippen molar-refractivity contribution in [2.24, 2.45) is 11.3 Å². The molecule has 0 amide bonds. The SMILES string of the molecule is COCOc1ccc2c3c1O[C@H]1[C@@]4(CCC4=CCO)CC[C@@]4(OCOC)[C@@H](C2)N(CC2CC2)CC[C@]314. The van der Waals surface area contributed by atoms with Crippen LogP contribution in [0.15, 0.2) is 23.8 Å². The third kappa shape index (κ3) is 2.92. The molecule has 1 saturated heterocycles. The van der Waals surface area contributed by atoms with Gasteiger partial charge in [0.05, 0.1) is 12.0 Å². The fourth-order valence-corrected chi connectivity index (χ4v) is 8.85. The highest BCUT2D eigenvalue weighted by molar-refractivity contribution is 5.64. The quantitative estimate of drug-likeness (QED) is 0.413. The number of nitrogens with zero attached hydrogens (tertiary/aromatic N) is 1. The van der Waals surface area contributed by atoms with E-state index in [0.717, 1.165) is 62.5 Å². The summed E-state index contributed by atoms with van der Waals surface area (Å²) in [5, 5.41) is 9.85. The van der Waals surface area contributed by atoms with E-state index in [4.69, 9.17) is 23.7 Å². The van der Waals surface area contributed by atoms with Gasteiger partial charge in [-0.1, -0.05) is 17.7 Å². The number of likely N-dealkylation sites (tertiary alicyclic amines) is 1. The van der Waals surface area contributed by atoms with Crippen LogP contribution in [0.2, 0.25) is 0 Å². The summed E-state index contributed by atoms with van der Waals surface area (Å²) in [6.07, 6.45) is 10.8. The molecule has 0 radical (unpaired) electrons. The molecule has 2 bridgehead atoms. The Morgan fingerprint density at radius 2 is 1.97 bits per heavy atom. The topological polar surface area (TPSA) is 69.6 Å². The first-order valence-electron chi connectivity index (χ1n) is 13.8. The summed E-state index contributed by atoms with van der Waals surface area (Å²) in [5.41, 5.74) is 3.36. The van der Waals surface area contributed by atoms with Crippen molar-refractivity contribution in [3.05, 3.63) is 34.9 Å². The normalized spacial score (nSPS) is 39.1. The fourth-order valence-electron chi connectivity index (χ4n) is 8.85. The van der Waals surface area contributed by atoms with Crippen LogP contribution in [0, 0.1) is 11.3 Å². The Hall–Kier alpha value is -1.64. The number of aliphatic hydroxyl groups excluding tert-OH is 1. The van der Waals surface area contributed by atoms with Crippen LogP contribution >= 0.6 is 0 Å². The number of methoxy groups -OCH3 is 2. The van der Waals surface area contributed by atoms with Crippen molar-refractivity contribution in [1.82, 2.24) is 4.90 Å². The van der Waals surface area contributed by atoms with Gasteiger partial charge in [0.15, 0.2) is 18.3 Å². The first kappa shape index (κ1) is 23.5. The second-order valence-corrected chi connectivity index (χ2v) is 11.9. The molecule has 2 heterocycles. The Morgan fingerprint density at radius 1 is 1.11 bits per heavy atom. The van der Waals surface area contributed by atoms with E-state index in [0.29, 0.717) is 12.8 Å². The summed E-state index contributed by atoms with van der Waals surface area (Å²) in [4.78, 5) is 2.75. The van der Waals surface area contributed by atoms with E-state index < -0.39 is 0 Å². The molecule has 3 saturated carbocycles. The second kappa shape index (κ2) is 8.43. The van der Waals surface area contributed by atoms with E-state index >= 15 is 0 Å². The molecule has 7 rings (SSSR count). The van der Waals surface area contributed by atoms with Crippen molar-refractivity contribution in [3.8, 4) is 11.5 Å². The zero-order valence-corrected chi connectivity index (χ0v) is 21.6. The van der Waals surface area contributed by atoms with E-state index in [1.165, 1.54) is 36.1 Å². The zero-order valence-electron chi connectivity index (χ0n) is 21.6. The lowest BCUT2D eigenvalue weighted by Gasteiger charge is -2.69. The molecule has 4 aliphatic carbocycles. The predicted octanol–water partition coefficient (Wildman–Crippen LogP) is 3.56. The molecule has 2 spiro atoms. The van der Waals surface area contributed by atoms with E-state index in [1.807, 2.05) is 6.08 Å². The largest absolute Gasteiger partial charge is 0.484 e. The van der Waals surface area contributed by atoms with Gasteiger partial charge in [-0.3, -0.25) is 4.90 Å². The van der Waals surface area contributed by atoms with Crippen LogP contribution in [0.3, 0.4) is 0 Å². The molecular weight excluding hydrogens is 458 g/mol. The van der Waals surface area contributed by atoms with Crippen LogP contribution in [0.4, 0.5) is 0 Å². The summed E-state index contributed by atoms with van der Waals surface area (Å²) in [7, 11) is 3.38. The number of fused-ring (bicyclic) bond motifs is 1. The molecule has 36 heavy (non-hydrogen) atoms. The van der Waals surface area contributed by atoms with Gasteiger partial charge >= 0.3 is 0 Å². The van der Waals surface area contributed by atoms with Crippen LogP contribution in [-0.2, 0) is 26.0 Å². The standard InChI is InChI=1S/C29H39NO6/c1-32-17-34-22-6-5-20-15-23-29(35-18-33-2)11-10-27(9-7-21(27)8-14-31)26-28(29,24(20)25(22)36-26)12-13-30(23)16-19-3-4-19/h5-6,8,19,23,26,31H,3-4,7,9-18H2,1-2H3/t23-,26+,27+,28+,29-/m1/s1. The average Bonchev–Trinajstić information content (AvgIpc) is 3.63. The number of hydrogen-bond acceptors (Lipinski definition) is 7. The number of hydrogen-bond donors (Lipinski definition) is 1. The van der Waals surface area contributed by atoms with Crippen molar-refractivity contribution in [2.75, 3.05) is 47.5 Å². The molecule has 2 aliphatic heterocycles. The minimum Gasteiger partial charge on any atom is -0.484 e. The number of rotatable bonds is 9. The molecule has 1 aromatic carbocycles. The highest BCUT2D eigenvalue weighted by Crippen LogP contribution is 2.73. The summed E-state index contributed by atoms with van der Waals surface area (Å²) in [6, 6.07) is 4.64. The van der Waals surface area contributed by atoms with Crippen molar-refractivity contribution in [1.29, 1.82) is 0 Å². The average molecular weight is 498 g/mol. The smallest absolute Gasteiger partial charge is 0.188 e. The highest BCUT2D eigenvalue weighted by atomic mass is 16.7. The Morgan fingerprint density at radius 3 is 2.69 bits per heavy atom. The molecule has 5 atom stereocenters. The molecule has 1 N–H and O–H groups in total. The highest BCUT2D eigenvalue weighted by Gasteiger charge is 2.78. The van der Waals surface area contributed by atoms with E-state index in [-0.39, 0.29) is 35.9 Å². The van der Waals surface area contributed by atoms with Gasteiger partial charge in [-0.15, -0.1) is 0 Å². The van der Waals surface area contributed by atoms with Gasteiger partial charge < -0.3 is 28.8 Å². The second-order valence-electron chi connectivity index (χ2n) is 11.9. The van der Waals surface area contributed by atoms with Gasteiger partial charge in [0.1, 0.15) is 18.5 Å². The number of aliphatic hydroxyl groups is 1. The Balaban J connectivity index is 1.42. The van der Waals surface area contributed by atoms with Crippen molar-refractivity contribution < 1.29 is 28.8 Å². The summed E-state index contributed by atoms with van der Waals surface area (Å²) < 4.78 is 31.0. The molecule has 4 fully saturated rings. The summed E-state index contributed by atoms with van der Waals surface area (Å²) in [6.45, 7) is 2.80. The van der Waals surface area contributed by atoms with E-state index in [2.05, 4.69) is 17.0 Å². The van der Waals surface area contributed by atoms with E-state index in [9.17, 15) is 5.11 Å². The third-order valence-electron chi connectivity index (χ3n) is 10.5. The maximum atomic E-state index is 9.85. The zero-order chi connectivity index (χ0) is 24.5. The van der Waals surface area contributed by atoms with Crippen LogP contribution in [0.25, 0.3) is 0 Å². The molecule has 7 heteroatoms. The Kier molecular flexibility index (Phi) is 5.50. The number of piperidine rings is 1. The predicted molar refractivity (Wildman–Crippen MR) is 133 cm³/mol. The minimum atomic E-state index is -0.371. The molecular formula is C29H39NO6. The van der Waals surface area contributed by atoms with Crippen LogP contribution in [0.1, 0.15) is 56.1 Å². The molecule has 0 aromatic heterocycles. The van der Waals surface area contributed by atoms with Gasteiger partial charge in [-0.2, -0.15) is 0 Å². The van der Waals surface area contributed by atoms with E-state index in [1.54, 1.807) is 14.2 Å². The van der Waals surface area contributed by atoms with Crippen LogP contribution in [0.5, 0.6) is 11.5 Å². The lowest BCUT2D eigenvalue weighted by Crippen LogP contribution is -2.79. The van der Waals surface area contributed by atoms with Crippen molar-refractivity contribution in [3.63, 3.8) is 0 Å². The van der Waals surface area contributed by atoms with Gasteiger partial charge in [0, 0.05) is 37.8 Å². The van der Waals surface area contributed by atoms with Gasteiger partial charge in [0.2, 0.25) is 0 Å². The fraction of sp³-hybridized carbons (Fsp3) is 0.724. The molecule has 1 aromatic rings. The van der Waals surface area contributed by atoms with Gasteiger partial charge in [0.25, 0.3) is 0 Å². The Labute approximate surface area is 213 Å². The molecule has 6 aliphatic rings. The monoisotopic (exact) mass is 497 g/mol. The first-order chi connectivity index (χ1) is 17.6. The Bertz CT molecular complexity index is 1070. The van der Waals surface area contributed by atoms with Crippen LogP contribution < -0.4 is 9.47 Å². The van der Waals surface area contributed by atoms with Crippen molar-refractivity contribution in [2.45, 2.75) is 74.5 Å². The van der Waals surface area contributed by atoms with Crippen molar-refractivity contribution >= 4 is 0 Å². The molecule has 7 nitrogen and oxygen atoms in total. The number of benzene rings is 1. The van der Waals surface area contributed by atoms with Gasteiger partial charge in [-0.05, 0) is 75.5 Å². The maximum Gasteiger partial charge on any atom is 0.188 e. The number of ether oxygens (including phenoxy) is 5. The lowest BCUT2D eigenvalue weighted by molar-refractivity contribution is -0.265. The maximum absolute atomic E-state index is 9.85. The molecule has 0 unspecified atom stereocenters. The van der Waals surface area contributed by atoms with Crippen LogP contribution in [-0.4, -0.2) is 75.3 Å². The summed E-state index contributed by atoms with van der Waals surface area (Å²) in [5.74, 6) is 2.49. The minimum absolute atomic E-state index is 0.0333. The third-order valence-corrected chi connectivity index (χ3v) is 10.5. The summed E-state index contributed by atoms with van der Waals surface area (Å²) >= 11 is 0. The first-order valence-corrected chi connectivity index (χ1v) is 13.8. The lowest BCUT2D eigenvalue weighted by atomic mass is 9.40. The molecule has 196 valence electrons.